The number of ether oxygens (including phenoxy) is 1. The molecule has 1 aliphatic rings. The molecule has 0 aromatic rings. The van der Waals surface area contributed by atoms with Gasteiger partial charge in [0.1, 0.15) is 0 Å². The number of rotatable bonds is 6. The minimum Gasteiger partial charge on any atom is -0.375 e. The zero-order valence-electron chi connectivity index (χ0n) is 13.3. The van der Waals surface area contributed by atoms with Gasteiger partial charge in [-0.05, 0) is 71.8 Å². The topological polar surface area (TPSA) is 21.3 Å². The van der Waals surface area contributed by atoms with Gasteiger partial charge in [-0.25, -0.2) is 0 Å². The van der Waals surface area contributed by atoms with Gasteiger partial charge < -0.3 is 10.1 Å². The van der Waals surface area contributed by atoms with E-state index in [0.29, 0.717) is 12.2 Å². The normalized spacial score (nSPS) is 26.8. The van der Waals surface area contributed by atoms with Crippen molar-refractivity contribution >= 4 is 0 Å². The van der Waals surface area contributed by atoms with Crippen LogP contribution >= 0.6 is 0 Å². The number of nitrogens with one attached hydrogen (secondary N) is 1. The molecule has 3 atom stereocenters. The molecule has 0 bridgehead atoms. The molecule has 0 saturated carbocycles. The van der Waals surface area contributed by atoms with Gasteiger partial charge in [-0.1, -0.05) is 13.8 Å². The van der Waals surface area contributed by atoms with Crippen LogP contribution in [0.1, 0.15) is 67.2 Å². The minimum atomic E-state index is 0.221. The lowest BCUT2D eigenvalue weighted by Gasteiger charge is -2.28. The lowest BCUT2D eigenvalue weighted by molar-refractivity contribution is 0.0381. The monoisotopic (exact) mass is 255 g/mol. The second-order valence-electron chi connectivity index (χ2n) is 7.51. The first-order valence-corrected chi connectivity index (χ1v) is 7.66. The fraction of sp³-hybridized carbons (Fsp3) is 1.00. The Balaban J connectivity index is 2.40. The summed E-state index contributed by atoms with van der Waals surface area (Å²) in [5.41, 5.74) is 0.221. The Labute approximate surface area is 114 Å². The third-order valence-electron chi connectivity index (χ3n) is 3.64. The Morgan fingerprint density at radius 1 is 1.22 bits per heavy atom. The summed E-state index contributed by atoms with van der Waals surface area (Å²) in [5.74, 6) is 1.52. The van der Waals surface area contributed by atoms with Crippen molar-refractivity contribution in [3.8, 4) is 0 Å². The van der Waals surface area contributed by atoms with Crippen LogP contribution in [0, 0.1) is 11.8 Å². The van der Waals surface area contributed by atoms with Crippen molar-refractivity contribution in [3.05, 3.63) is 0 Å². The third kappa shape index (κ3) is 6.75. The van der Waals surface area contributed by atoms with E-state index in [1.165, 1.54) is 25.7 Å². The Bertz CT molecular complexity index is 232. The van der Waals surface area contributed by atoms with Gasteiger partial charge in [0.2, 0.25) is 0 Å². The molecule has 3 unspecified atom stereocenters. The SMILES string of the molecule is CC(C)CC(CNC(C)(C)C)CC1CCC(C)O1. The first-order valence-electron chi connectivity index (χ1n) is 7.66. The van der Waals surface area contributed by atoms with Gasteiger partial charge >= 0.3 is 0 Å². The lowest BCUT2D eigenvalue weighted by Crippen LogP contribution is -2.40. The molecule has 18 heavy (non-hydrogen) atoms. The van der Waals surface area contributed by atoms with Gasteiger partial charge in [0.15, 0.2) is 0 Å². The van der Waals surface area contributed by atoms with Crippen LogP contribution in [0.4, 0.5) is 0 Å². The predicted octanol–water partition coefficient (Wildman–Crippen LogP) is 3.99. The molecule has 1 aliphatic heterocycles. The van der Waals surface area contributed by atoms with Crippen molar-refractivity contribution < 1.29 is 4.74 Å². The van der Waals surface area contributed by atoms with Crippen molar-refractivity contribution in [1.29, 1.82) is 0 Å². The highest BCUT2D eigenvalue weighted by Crippen LogP contribution is 2.27. The molecular weight excluding hydrogens is 222 g/mol. The Morgan fingerprint density at radius 2 is 1.89 bits per heavy atom. The van der Waals surface area contributed by atoms with E-state index >= 15 is 0 Å². The van der Waals surface area contributed by atoms with Crippen molar-refractivity contribution in [3.63, 3.8) is 0 Å². The highest BCUT2D eigenvalue weighted by Gasteiger charge is 2.26. The van der Waals surface area contributed by atoms with Crippen LogP contribution in [-0.4, -0.2) is 24.3 Å². The van der Waals surface area contributed by atoms with Crippen molar-refractivity contribution in [2.24, 2.45) is 11.8 Å². The number of hydrogen-bond acceptors (Lipinski definition) is 2. The molecule has 0 aromatic carbocycles. The van der Waals surface area contributed by atoms with Crippen LogP contribution in [-0.2, 0) is 4.74 Å². The highest BCUT2D eigenvalue weighted by molar-refractivity contribution is 4.79. The molecule has 1 N–H and O–H groups in total. The second-order valence-corrected chi connectivity index (χ2v) is 7.51. The predicted molar refractivity (Wildman–Crippen MR) is 78.9 cm³/mol. The third-order valence-corrected chi connectivity index (χ3v) is 3.64. The van der Waals surface area contributed by atoms with E-state index in [1.807, 2.05) is 0 Å². The van der Waals surface area contributed by atoms with Gasteiger partial charge in [-0.3, -0.25) is 0 Å². The van der Waals surface area contributed by atoms with Crippen LogP contribution in [0.15, 0.2) is 0 Å². The van der Waals surface area contributed by atoms with Gasteiger partial charge in [-0.15, -0.1) is 0 Å². The molecule has 0 radical (unpaired) electrons. The van der Waals surface area contributed by atoms with Crippen LogP contribution in [0.5, 0.6) is 0 Å². The number of hydrogen-bond donors (Lipinski definition) is 1. The highest BCUT2D eigenvalue weighted by atomic mass is 16.5. The fourth-order valence-corrected chi connectivity index (χ4v) is 2.81. The van der Waals surface area contributed by atoms with E-state index in [1.54, 1.807) is 0 Å². The summed E-state index contributed by atoms with van der Waals surface area (Å²) < 4.78 is 5.98. The molecule has 1 saturated heterocycles. The Hall–Kier alpha value is -0.0800. The Kier molecular flexibility index (Phi) is 6.13. The zero-order chi connectivity index (χ0) is 13.8. The average Bonchev–Trinajstić information content (AvgIpc) is 2.58. The quantitative estimate of drug-likeness (QED) is 0.774. The molecule has 0 amide bonds. The summed E-state index contributed by atoms with van der Waals surface area (Å²) in [6.07, 6.45) is 6.01. The van der Waals surface area contributed by atoms with Crippen molar-refractivity contribution in [2.75, 3.05) is 6.54 Å². The standard InChI is InChI=1S/C16H33NO/c1-12(2)9-14(11-17-16(4,5)6)10-15-8-7-13(3)18-15/h12-15,17H,7-11H2,1-6H3. The maximum atomic E-state index is 5.98. The summed E-state index contributed by atoms with van der Waals surface area (Å²) in [6, 6.07) is 0. The first-order chi connectivity index (χ1) is 8.26. The summed E-state index contributed by atoms with van der Waals surface area (Å²) in [6.45, 7) is 14.7. The molecule has 2 nitrogen and oxygen atoms in total. The summed E-state index contributed by atoms with van der Waals surface area (Å²) in [7, 11) is 0. The summed E-state index contributed by atoms with van der Waals surface area (Å²) in [4.78, 5) is 0. The molecule has 2 heteroatoms. The minimum absolute atomic E-state index is 0.221. The van der Waals surface area contributed by atoms with E-state index in [4.69, 9.17) is 4.74 Å². The Morgan fingerprint density at radius 3 is 2.33 bits per heavy atom. The molecule has 0 aliphatic carbocycles. The summed E-state index contributed by atoms with van der Waals surface area (Å²) in [5, 5.41) is 3.66. The van der Waals surface area contributed by atoms with Gasteiger partial charge in [0.25, 0.3) is 0 Å². The maximum absolute atomic E-state index is 5.98. The van der Waals surface area contributed by atoms with E-state index in [0.717, 1.165) is 18.4 Å². The van der Waals surface area contributed by atoms with Crippen molar-refractivity contribution in [1.82, 2.24) is 5.32 Å². The van der Waals surface area contributed by atoms with E-state index in [2.05, 4.69) is 46.9 Å². The van der Waals surface area contributed by atoms with Gasteiger partial charge in [0.05, 0.1) is 12.2 Å². The smallest absolute Gasteiger partial charge is 0.0582 e. The van der Waals surface area contributed by atoms with E-state index in [9.17, 15) is 0 Å². The molecule has 1 rings (SSSR count). The largest absolute Gasteiger partial charge is 0.375 e. The molecular formula is C16H33NO. The van der Waals surface area contributed by atoms with Gasteiger partial charge in [-0.2, -0.15) is 0 Å². The lowest BCUT2D eigenvalue weighted by atomic mass is 9.90. The summed E-state index contributed by atoms with van der Waals surface area (Å²) >= 11 is 0. The van der Waals surface area contributed by atoms with E-state index < -0.39 is 0 Å². The zero-order valence-corrected chi connectivity index (χ0v) is 13.3. The molecule has 0 aromatic heterocycles. The van der Waals surface area contributed by atoms with E-state index in [-0.39, 0.29) is 5.54 Å². The fourth-order valence-electron chi connectivity index (χ4n) is 2.81. The maximum Gasteiger partial charge on any atom is 0.0582 e. The van der Waals surface area contributed by atoms with Crippen LogP contribution < -0.4 is 5.32 Å². The average molecular weight is 255 g/mol. The molecule has 1 heterocycles. The molecule has 1 fully saturated rings. The van der Waals surface area contributed by atoms with Crippen molar-refractivity contribution in [2.45, 2.75) is 85.0 Å². The van der Waals surface area contributed by atoms with Crippen LogP contribution in [0.25, 0.3) is 0 Å². The van der Waals surface area contributed by atoms with Crippen LogP contribution in [0.2, 0.25) is 0 Å². The second kappa shape index (κ2) is 6.91. The molecule has 108 valence electrons. The molecule has 0 spiro atoms. The van der Waals surface area contributed by atoms with Crippen LogP contribution in [0.3, 0.4) is 0 Å². The van der Waals surface area contributed by atoms with Gasteiger partial charge in [0, 0.05) is 5.54 Å². The first kappa shape index (κ1) is 16.0.